The number of nitrogens with one attached hydrogen (secondary N) is 3. The van der Waals surface area contributed by atoms with Crippen LogP contribution in [0.4, 0.5) is 13.2 Å². The van der Waals surface area contributed by atoms with Crippen molar-refractivity contribution < 1.29 is 22.7 Å². The van der Waals surface area contributed by atoms with Crippen LogP contribution >= 0.6 is 0 Å². The van der Waals surface area contributed by atoms with Gasteiger partial charge in [0, 0.05) is 67.1 Å². The molecule has 1 aliphatic heterocycles. The molecule has 4 aromatic heterocycles. The number of ether oxygens (including phenoxy) is 1. The van der Waals surface area contributed by atoms with E-state index < -0.39 is 12.7 Å². The number of hydrogen-bond acceptors (Lipinski definition) is 6. The van der Waals surface area contributed by atoms with E-state index >= 15 is 0 Å². The maximum atomic E-state index is 13.7. The monoisotopic (exact) mass is 585 g/mol. The lowest BCUT2D eigenvalue weighted by Gasteiger charge is -2.39. The minimum absolute atomic E-state index is 0.0402. The van der Waals surface area contributed by atoms with E-state index in [9.17, 15) is 22.8 Å². The molecule has 0 spiro atoms. The molecule has 5 rings (SSSR count). The van der Waals surface area contributed by atoms with Crippen molar-refractivity contribution in [1.82, 2.24) is 34.7 Å². The molecule has 3 N–H and O–H groups in total. The van der Waals surface area contributed by atoms with Gasteiger partial charge >= 0.3 is 6.18 Å². The van der Waals surface area contributed by atoms with Crippen molar-refractivity contribution in [2.75, 3.05) is 39.8 Å². The van der Waals surface area contributed by atoms with Crippen LogP contribution in [0.3, 0.4) is 0 Å². The Hall–Kier alpha value is -4.10. The van der Waals surface area contributed by atoms with E-state index in [1.165, 1.54) is 12.0 Å². The van der Waals surface area contributed by atoms with Crippen LogP contribution in [0.5, 0.6) is 5.75 Å². The summed E-state index contributed by atoms with van der Waals surface area (Å²) in [4.78, 5) is 32.6. The van der Waals surface area contributed by atoms with Crippen molar-refractivity contribution in [1.29, 1.82) is 0 Å². The molecular weight excluding hydrogens is 551 g/mol. The zero-order valence-electron chi connectivity index (χ0n) is 23.9. The number of aromatic nitrogens is 4. The third-order valence-corrected chi connectivity index (χ3v) is 7.90. The third-order valence-electron chi connectivity index (χ3n) is 7.90. The number of methoxy groups -OCH3 is 1. The molecule has 1 atom stereocenters. The fraction of sp³-hybridized carbons (Fsp3) is 0.414. The van der Waals surface area contributed by atoms with Crippen LogP contribution in [0.25, 0.3) is 16.8 Å². The molecule has 4 aromatic rings. The molecule has 0 saturated carbocycles. The topological polar surface area (TPSA) is 111 Å². The maximum Gasteiger partial charge on any atom is 0.401 e. The fourth-order valence-corrected chi connectivity index (χ4v) is 5.78. The predicted octanol–water partition coefficient (Wildman–Crippen LogP) is 3.81. The summed E-state index contributed by atoms with van der Waals surface area (Å²) in [6.45, 7) is 6.16. The number of nitrogens with zero attached hydrogens (tertiary/aromatic N) is 4. The zero-order chi connectivity index (χ0) is 30.2. The van der Waals surface area contributed by atoms with Gasteiger partial charge in [-0.05, 0) is 50.6 Å². The van der Waals surface area contributed by atoms with Gasteiger partial charge in [0.05, 0.1) is 37.0 Å². The summed E-state index contributed by atoms with van der Waals surface area (Å²) < 4.78 is 46.2. The summed E-state index contributed by atoms with van der Waals surface area (Å²) in [7, 11) is 1.47. The highest BCUT2D eigenvalue weighted by atomic mass is 19.4. The summed E-state index contributed by atoms with van der Waals surface area (Å²) in [5.41, 5.74) is 4.93. The molecule has 0 unspecified atom stereocenters. The van der Waals surface area contributed by atoms with Crippen LogP contribution in [-0.2, 0) is 6.54 Å². The molecule has 10 nitrogen and oxygen atoms in total. The first-order valence-electron chi connectivity index (χ1n) is 13.7. The van der Waals surface area contributed by atoms with E-state index in [0.29, 0.717) is 54.4 Å². The number of aromatic amines is 2. The first-order chi connectivity index (χ1) is 20.0. The molecule has 1 aliphatic rings. The molecule has 13 heteroatoms. The number of pyridine rings is 2. The first-order valence-corrected chi connectivity index (χ1v) is 13.7. The standard InChI is InChI=1S/C29H34F3N7O3/c1-17-13-25(42-4)22(28(41)35-17)15-33-27(40)21-14-24-20(23-5-7-34-36-23)6-8-39(24)26(18(21)2)19(3)38-11-9-37(10-12-38)16-29(30,31)32/h5-8,13-14,19H,9-12,15-16H2,1-4H3,(H,33,40)(H,34,36)(H,35,41)/t19-/m1/s1. The molecule has 1 saturated heterocycles. The largest absolute Gasteiger partial charge is 0.496 e. The summed E-state index contributed by atoms with van der Waals surface area (Å²) in [6, 6.07) is 7.08. The molecule has 5 heterocycles. The summed E-state index contributed by atoms with van der Waals surface area (Å²) in [5, 5.41) is 10.0. The van der Waals surface area contributed by atoms with Crippen LogP contribution in [0.2, 0.25) is 0 Å². The Bertz CT molecular complexity index is 1630. The highest BCUT2D eigenvalue weighted by Crippen LogP contribution is 2.33. The lowest BCUT2D eigenvalue weighted by atomic mass is 9.99. The quantitative estimate of drug-likeness (QED) is 0.290. The Balaban J connectivity index is 1.49. The first kappa shape index (κ1) is 29.4. The number of amides is 1. The zero-order valence-corrected chi connectivity index (χ0v) is 23.9. The molecule has 0 radical (unpaired) electrons. The van der Waals surface area contributed by atoms with Crippen LogP contribution in [0.15, 0.2) is 41.5 Å². The Morgan fingerprint density at radius 1 is 1.17 bits per heavy atom. The van der Waals surface area contributed by atoms with Gasteiger partial charge in [0.25, 0.3) is 11.5 Å². The number of aryl methyl sites for hydroxylation is 1. The van der Waals surface area contributed by atoms with E-state index in [0.717, 1.165) is 22.3 Å². The van der Waals surface area contributed by atoms with Crippen LogP contribution in [0, 0.1) is 13.8 Å². The number of rotatable bonds is 8. The smallest absolute Gasteiger partial charge is 0.401 e. The molecule has 1 amide bonds. The van der Waals surface area contributed by atoms with Gasteiger partial charge < -0.3 is 19.4 Å². The van der Waals surface area contributed by atoms with Crippen molar-refractivity contribution in [2.24, 2.45) is 0 Å². The Morgan fingerprint density at radius 3 is 2.55 bits per heavy atom. The second kappa shape index (κ2) is 11.6. The number of alkyl halides is 3. The van der Waals surface area contributed by atoms with Crippen molar-refractivity contribution in [3.05, 3.63) is 75.1 Å². The van der Waals surface area contributed by atoms with Crippen molar-refractivity contribution in [2.45, 2.75) is 39.5 Å². The van der Waals surface area contributed by atoms with E-state index in [-0.39, 0.29) is 24.1 Å². The van der Waals surface area contributed by atoms with Crippen molar-refractivity contribution in [3.63, 3.8) is 0 Å². The molecular formula is C29H34F3N7O3. The lowest BCUT2D eigenvalue weighted by molar-refractivity contribution is -0.149. The van der Waals surface area contributed by atoms with Gasteiger partial charge in [0.15, 0.2) is 0 Å². The van der Waals surface area contributed by atoms with E-state index in [4.69, 9.17) is 4.74 Å². The van der Waals surface area contributed by atoms with Crippen LogP contribution in [-0.4, -0.2) is 81.3 Å². The number of H-pyrrole nitrogens is 2. The Labute approximate surface area is 240 Å². The van der Waals surface area contributed by atoms with Gasteiger partial charge in [0.2, 0.25) is 0 Å². The maximum absolute atomic E-state index is 13.7. The van der Waals surface area contributed by atoms with Gasteiger partial charge in [0.1, 0.15) is 5.75 Å². The number of carbonyl (C=O) groups excluding carboxylic acids is 1. The molecule has 0 aliphatic carbocycles. The fourth-order valence-electron chi connectivity index (χ4n) is 5.78. The van der Waals surface area contributed by atoms with E-state index in [1.807, 2.05) is 42.6 Å². The molecule has 0 aromatic carbocycles. The minimum Gasteiger partial charge on any atom is -0.496 e. The summed E-state index contributed by atoms with van der Waals surface area (Å²) >= 11 is 0. The van der Waals surface area contributed by atoms with Crippen molar-refractivity contribution >= 4 is 11.4 Å². The molecule has 1 fully saturated rings. The highest BCUT2D eigenvalue weighted by molar-refractivity contribution is 5.98. The van der Waals surface area contributed by atoms with Gasteiger partial charge in [-0.2, -0.15) is 18.3 Å². The second-order valence-corrected chi connectivity index (χ2v) is 10.6. The average Bonchev–Trinajstić information content (AvgIpc) is 3.61. The van der Waals surface area contributed by atoms with Crippen LogP contribution in [0.1, 0.15) is 45.8 Å². The average molecular weight is 586 g/mol. The molecule has 42 heavy (non-hydrogen) atoms. The number of hydrogen-bond donors (Lipinski definition) is 3. The van der Waals surface area contributed by atoms with Gasteiger partial charge in [-0.15, -0.1) is 0 Å². The van der Waals surface area contributed by atoms with Gasteiger partial charge in [-0.25, -0.2) is 0 Å². The van der Waals surface area contributed by atoms with Crippen molar-refractivity contribution in [3.8, 4) is 17.0 Å². The van der Waals surface area contributed by atoms with E-state index in [1.54, 1.807) is 19.2 Å². The van der Waals surface area contributed by atoms with Gasteiger partial charge in [-0.1, -0.05) is 0 Å². The number of fused-ring (bicyclic) bond motifs is 1. The van der Waals surface area contributed by atoms with Gasteiger partial charge in [-0.3, -0.25) is 24.5 Å². The normalized spacial score (nSPS) is 15.7. The lowest BCUT2D eigenvalue weighted by Crippen LogP contribution is -2.49. The number of carbonyl (C=O) groups is 1. The van der Waals surface area contributed by atoms with Crippen LogP contribution < -0.4 is 15.6 Å². The van der Waals surface area contributed by atoms with E-state index in [2.05, 4.69) is 25.4 Å². The Kier molecular flexibility index (Phi) is 8.15. The summed E-state index contributed by atoms with van der Waals surface area (Å²) in [5.74, 6) is 0.0183. The number of piperazine rings is 1. The molecule has 224 valence electrons. The predicted molar refractivity (Wildman–Crippen MR) is 152 cm³/mol. The SMILES string of the molecule is COc1cc(C)[nH]c(=O)c1CNC(=O)c1cc2c(-c3cc[nH]n3)ccn2c([C@@H](C)N2CCN(CC(F)(F)F)CC2)c1C. The highest BCUT2D eigenvalue weighted by Gasteiger charge is 2.34. The third kappa shape index (κ3) is 5.93. The summed E-state index contributed by atoms with van der Waals surface area (Å²) in [6.07, 6.45) is -0.590. The minimum atomic E-state index is -4.24. The molecule has 0 bridgehead atoms. The second-order valence-electron chi connectivity index (χ2n) is 10.6. The number of halogens is 3. The Morgan fingerprint density at radius 2 is 1.90 bits per heavy atom.